The number of carbonyl (C=O) groups excluding carboxylic acids is 2. The summed E-state index contributed by atoms with van der Waals surface area (Å²) in [7, 11) is 1.59. The Labute approximate surface area is 153 Å². The first-order chi connectivity index (χ1) is 12.2. The summed E-state index contributed by atoms with van der Waals surface area (Å²) < 4.78 is 12.5. The van der Waals surface area contributed by atoms with Crippen molar-refractivity contribution in [3.63, 3.8) is 0 Å². The zero-order valence-electron chi connectivity index (χ0n) is 15.8. The first kappa shape index (κ1) is 18.2. The van der Waals surface area contributed by atoms with Crippen molar-refractivity contribution in [3.05, 3.63) is 47.5 Å². The molecule has 1 heterocycles. The molecule has 0 bridgehead atoms. The molecule has 0 spiro atoms. The Balaban J connectivity index is 2.16. The second kappa shape index (κ2) is 6.59. The van der Waals surface area contributed by atoms with Gasteiger partial charge in [-0.2, -0.15) is 0 Å². The zero-order valence-corrected chi connectivity index (χ0v) is 15.8. The van der Waals surface area contributed by atoms with E-state index in [2.05, 4.69) is 4.98 Å². The number of nitrogens with zero attached hydrogens (tertiary/aromatic N) is 2. The van der Waals surface area contributed by atoms with Gasteiger partial charge in [-0.1, -0.05) is 13.8 Å². The summed E-state index contributed by atoms with van der Waals surface area (Å²) in [5, 5.41) is 0. The Hall–Kier alpha value is -2.63. The van der Waals surface area contributed by atoms with Crippen molar-refractivity contribution < 1.29 is 19.1 Å². The van der Waals surface area contributed by atoms with Gasteiger partial charge in [-0.15, -0.1) is 0 Å². The summed E-state index contributed by atoms with van der Waals surface area (Å²) in [6.45, 7) is 7.66. The van der Waals surface area contributed by atoms with Crippen LogP contribution in [0.4, 0.5) is 0 Å². The minimum absolute atomic E-state index is 0.0929. The van der Waals surface area contributed by atoms with Gasteiger partial charge in [0.15, 0.2) is 5.78 Å². The Morgan fingerprint density at radius 3 is 2.73 bits per heavy atom. The van der Waals surface area contributed by atoms with E-state index in [4.69, 9.17) is 9.47 Å². The number of Topliss-reactive ketones (excluding diaryl/α,β-unsaturated/α-hetero) is 1. The number of esters is 1. The molecule has 0 N–H and O–H groups in total. The van der Waals surface area contributed by atoms with Crippen molar-refractivity contribution in [2.75, 3.05) is 7.11 Å². The van der Waals surface area contributed by atoms with Crippen LogP contribution in [0.2, 0.25) is 0 Å². The molecule has 1 aromatic heterocycles. The highest BCUT2D eigenvalue weighted by Crippen LogP contribution is 2.47. The summed E-state index contributed by atoms with van der Waals surface area (Å²) in [4.78, 5) is 29.3. The molecular formula is C20H24N2O4. The van der Waals surface area contributed by atoms with Crippen molar-refractivity contribution in [3.8, 4) is 5.75 Å². The average molecular weight is 356 g/mol. The molecule has 1 atom stereocenters. The third kappa shape index (κ3) is 3.11. The highest BCUT2D eigenvalue weighted by atomic mass is 16.5. The smallest absolute Gasteiger partial charge is 0.356 e. The van der Waals surface area contributed by atoms with Crippen LogP contribution in [-0.4, -0.2) is 34.5 Å². The molecule has 1 aliphatic rings. The second-order valence-electron chi connectivity index (χ2n) is 7.58. The largest absolute Gasteiger partial charge is 0.497 e. The predicted molar refractivity (Wildman–Crippen MR) is 96.6 cm³/mol. The van der Waals surface area contributed by atoms with E-state index < -0.39 is 11.4 Å². The lowest BCUT2D eigenvalue weighted by molar-refractivity contribution is 0.0359. The molecule has 0 radical (unpaired) electrons. The fourth-order valence-electron chi connectivity index (χ4n) is 3.64. The van der Waals surface area contributed by atoms with Gasteiger partial charge in [0.2, 0.25) is 0 Å². The molecule has 0 saturated carbocycles. The number of hydrogen-bond acceptors (Lipinski definition) is 5. The maximum Gasteiger partial charge on any atom is 0.356 e. The predicted octanol–water partition coefficient (Wildman–Crippen LogP) is 3.66. The van der Waals surface area contributed by atoms with E-state index in [9.17, 15) is 9.59 Å². The van der Waals surface area contributed by atoms with Crippen LogP contribution in [0.3, 0.4) is 0 Å². The van der Waals surface area contributed by atoms with Crippen LogP contribution in [0, 0.1) is 5.41 Å². The summed E-state index contributed by atoms with van der Waals surface area (Å²) in [6, 6.07) is 5.22. The molecule has 3 rings (SSSR count). The van der Waals surface area contributed by atoms with E-state index in [-0.39, 0.29) is 17.9 Å². The number of fused-ring (bicyclic) bond motifs is 1. The fourth-order valence-corrected chi connectivity index (χ4v) is 3.64. The number of ether oxygens (including phenoxy) is 2. The molecule has 1 aromatic carbocycles. The summed E-state index contributed by atoms with van der Waals surface area (Å²) >= 11 is 0. The quantitative estimate of drug-likeness (QED) is 0.782. The lowest BCUT2D eigenvalue weighted by Gasteiger charge is -2.40. The van der Waals surface area contributed by atoms with Gasteiger partial charge < -0.3 is 14.0 Å². The topological polar surface area (TPSA) is 70.4 Å². The molecule has 1 unspecified atom stereocenters. The first-order valence-electron chi connectivity index (χ1n) is 8.68. The Morgan fingerprint density at radius 2 is 2.08 bits per heavy atom. The van der Waals surface area contributed by atoms with Crippen molar-refractivity contribution in [1.82, 2.24) is 9.55 Å². The molecule has 0 aliphatic heterocycles. The maximum absolute atomic E-state index is 12.6. The number of carbonyl (C=O) groups is 2. The normalized spacial score (nSPS) is 18.5. The van der Waals surface area contributed by atoms with Gasteiger partial charge >= 0.3 is 5.97 Å². The summed E-state index contributed by atoms with van der Waals surface area (Å²) in [6.07, 6.45) is 3.30. The molecule has 1 aliphatic carbocycles. The molecular weight excluding hydrogens is 332 g/mol. The fraction of sp³-hybridized carbons (Fsp3) is 0.450. The average Bonchev–Trinajstić information content (AvgIpc) is 3.02. The molecule has 6 heteroatoms. The van der Waals surface area contributed by atoms with Gasteiger partial charge in [0.05, 0.1) is 31.8 Å². The molecule has 26 heavy (non-hydrogen) atoms. The lowest BCUT2D eigenvalue weighted by atomic mass is 9.69. The Morgan fingerprint density at radius 1 is 1.35 bits per heavy atom. The number of methoxy groups -OCH3 is 1. The third-order valence-electron chi connectivity index (χ3n) is 4.71. The van der Waals surface area contributed by atoms with E-state index >= 15 is 0 Å². The van der Waals surface area contributed by atoms with Gasteiger partial charge in [-0.25, -0.2) is 9.78 Å². The summed E-state index contributed by atoms with van der Waals surface area (Å²) in [5.74, 6) is 0.343. The van der Waals surface area contributed by atoms with Crippen molar-refractivity contribution in [2.45, 2.75) is 46.3 Å². The van der Waals surface area contributed by atoms with Crippen LogP contribution in [0.5, 0.6) is 5.75 Å². The zero-order chi connectivity index (χ0) is 19.1. The van der Waals surface area contributed by atoms with E-state index in [0.29, 0.717) is 23.4 Å². The monoisotopic (exact) mass is 356 g/mol. The number of hydrogen-bond donors (Lipinski definition) is 0. The first-order valence-corrected chi connectivity index (χ1v) is 8.68. The van der Waals surface area contributed by atoms with Gasteiger partial charge in [0.25, 0.3) is 0 Å². The summed E-state index contributed by atoms with van der Waals surface area (Å²) in [5.41, 5.74) is 1.47. The number of ketones is 1. The molecule has 2 aromatic rings. The minimum atomic E-state index is -0.422. The Kier molecular flexibility index (Phi) is 4.61. The van der Waals surface area contributed by atoms with Crippen molar-refractivity contribution >= 4 is 11.8 Å². The van der Waals surface area contributed by atoms with Crippen molar-refractivity contribution in [2.24, 2.45) is 5.41 Å². The van der Waals surface area contributed by atoms with Gasteiger partial charge in [-0.05, 0) is 43.0 Å². The number of aromatic nitrogens is 2. The number of benzene rings is 1. The van der Waals surface area contributed by atoms with Crippen LogP contribution < -0.4 is 4.74 Å². The Bertz CT molecular complexity index is 851. The SMILES string of the molecule is COc1ccc2c(c1)C(n1cncc1C(=O)OC(C)C)C(C)(C)CC2=O. The van der Waals surface area contributed by atoms with Crippen LogP contribution in [0.15, 0.2) is 30.7 Å². The van der Waals surface area contributed by atoms with Crippen LogP contribution in [0.1, 0.15) is 66.6 Å². The van der Waals surface area contributed by atoms with Crippen LogP contribution in [-0.2, 0) is 4.74 Å². The number of rotatable bonds is 4. The van der Waals surface area contributed by atoms with E-state index in [0.717, 1.165) is 5.56 Å². The molecule has 0 fully saturated rings. The molecule has 0 amide bonds. The van der Waals surface area contributed by atoms with Gasteiger partial charge in [0.1, 0.15) is 11.4 Å². The lowest BCUT2D eigenvalue weighted by Crippen LogP contribution is -2.37. The van der Waals surface area contributed by atoms with E-state index in [1.165, 1.54) is 6.20 Å². The standard InChI is InChI=1S/C20H24N2O4/c1-12(2)26-19(24)16-10-21-11-22(16)18-15-8-13(25-5)6-7-14(15)17(23)9-20(18,3)4/h6-8,10-12,18H,9H2,1-5H3. The molecule has 6 nitrogen and oxygen atoms in total. The van der Waals surface area contributed by atoms with Gasteiger partial charge in [0, 0.05) is 12.0 Å². The van der Waals surface area contributed by atoms with E-state index in [1.807, 2.05) is 38.3 Å². The molecule has 138 valence electrons. The van der Waals surface area contributed by atoms with Crippen LogP contribution >= 0.6 is 0 Å². The van der Waals surface area contributed by atoms with Crippen LogP contribution in [0.25, 0.3) is 0 Å². The number of imidazole rings is 1. The highest BCUT2D eigenvalue weighted by Gasteiger charge is 2.42. The minimum Gasteiger partial charge on any atom is -0.497 e. The maximum atomic E-state index is 12.6. The van der Waals surface area contributed by atoms with E-state index in [1.54, 1.807) is 25.6 Å². The second-order valence-corrected chi connectivity index (χ2v) is 7.58. The van der Waals surface area contributed by atoms with Gasteiger partial charge in [-0.3, -0.25) is 4.79 Å². The highest BCUT2D eigenvalue weighted by molar-refractivity contribution is 5.99. The van der Waals surface area contributed by atoms with Crippen molar-refractivity contribution in [1.29, 1.82) is 0 Å². The third-order valence-corrected chi connectivity index (χ3v) is 4.71. The molecule has 0 saturated heterocycles.